The third-order valence-electron chi connectivity index (χ3n) is 1.91. The van der Waals surface area contributed by atoms with Gasteiger partial charge in [-0.1, -0.05) is 6.08 Å². The molecule has 12 heavy (non-hydrogen) atoms. The molecular weight excluding hydrogens is 216 g/mol. The lowest BCUT2D eigenvalue weighted by atomic mass is 10.2. The summed E-state index contributed by atoms with van der Waals surface area (Å²) >= 11 is 3.31. The van der Waals surface area contributed by atoms with E-state index < -0.39 is 0 Å². The number of hydrogen-bond donors (Lipinski definition) is 0. The first-order valence-corrected chi connectivity index (χ1v) is 4.83. The van der Waals surface area contributed by atoms with Crippen LogP contribution in [0, 0.1) is 0 Å². The Balaban J connectivity index is 2.47. The molecule has 0 saturated carbocycles. The SMILES string of the molecule is Brc1cnc2c(n1)C=CCCC2. The highest BCUT2D eigenvalue weighted by molar-refractivity contribution is 9.10. The van der Waals surface area contributed by atoms with Crippen LogP contribution in [-0.4, -0.2) is 9.97 Å². The topological polar surface area (TPSA) is 25.8 Å². The summed E-state index contributed by atoms with van der Waals surface area (Å²) in [5.41, 5.74) is 2.13. The Morgan fingerprint density at radius 2 is 2.33 bits per heavy atom. The van der Waals surface area contributed by atoms with Crippen LogP contribution in [0.15, 0.2) is 16.9 Å². The summed E-state index contributed by atoms with van der Waals surface area (Å²) in [5.74, 6) is 0. The van der Waals surface area contributed by atoms with Gasteiger partial charge in [0.15, 0.2) is 0 Å². The molecule has 1 heterocycles. The molecule has 0 unspecified atom stereocenters. The lowest BCUT2D eigenvalue weighted by molar-refractivity contribution is 0.818. The van der Waals surface area contributed by atoms with E-state index in [0.29, 0.717) is 0 Å². The molecule has 0 amide bonds. The van der Waals surface area contributed by atoms with Gasteiger partial charge in [-0.3, -0.25) is 4.98 Å². The predicted octanol–water partition coefficient (Wildman–Crippen LogP) is 2.59. The third kappa shape index (κ3) is 1.55. The fraction of sp³-hybridized carbons (Fsp3) is 0.333. The van der Waals surface area contributed by atoms with Crippen LogP contribution in [-0.2, 0) is 6.42 Å². The van der Waals surface area contributed by atoms with Crippen molar-refractivity contribution in [3.05, 3.63) is 28.3 Å². The van der Waals surface area contributed by atoms with E-state index in [0.717, 1.165) is 28.8 Å². The van der Waals surface area contributed by atoms with Crippen molar-refractivity contribution in [1.82, 2.24) is 9.97 Å². The Labute approximate surface area is 79.9 Å². The molecule has 0 aromatic carbocycles. The molecule has 62 valence electrons. The molecule has 2 rings (SSSR count). The average molecular weight is 225 g/mol. The van der Waals surface area contributed by atoms with Crippen LogP contribution in [0.5, 0.6) is 0 Å². The number of nitrogens with zero attached hydrogens (tertiary/aromatic N) is 2. The van der Waals surface area contributed by atoms with Crippen molar-refractivity contribution < 1.29 is 0 Å². The van der Waals surface area contributed by atoms with Gasteiger partial charge in [-0.25, -0.2) is 4.98 Å². The predicted molar refractivity (Wildman–Crippen MR) is 51.7 cm³/mol. The van der Waals surface area contributed by atoms with Gasteiger partial charge in [0.25, 0.3) is 0 Å². The Morgan fingerprint density at radius 1 is 1.42 bits per heavy atom. The van der Waals surface area contributed by atoms with Crippen LogP contribution in [0.2, 0.25) is 0 Å². The molecule has 0 N–H and O–H groups in total. The zero-order valence-electron chi connectivity index (χ0n) is 6.63. The van der Waals surface area contributed by atoms with E-state index in [9.17, 15) is 0 Å². The Morgan fingerprint density at radius 3 is 3.25 bits per heavy atom. The molecule has 0 spiro atoms. The second-order valence-electron chi connectivity index (χ2n) is 2.82. The van der Waals surface area contributed by atoms with Gasteiger partial charge in [0, 0.05) is 0 Å². The van der Waals surface area contributed by atoms with E-state index in [1.165, 1.54) is 6.42 Å². The summed E-state index contributed by atoms with van der Waals surface area (Å²) in [6.45, 7) is 0. The van der Waals surface area contributed by atoms with E-state index in [1.54, 1.807) is 6.20 Å². The number of fused-ring (bicyclic) bond motifs is 1. The number of rotatable bonds is 0. The molecule has 1 aromatic rings. The van der Waals surface area contributed by atoms with Gasteiger partial charge in [-0.2, -0.15) is 0 Å². The molecule has 1 aliphatic rings. The first-order valence-electron chi connectivity index (χ1n) is 4.04. The Hall–Kier alpha value is -0.700. The van der Waals surface area contributed by atoms with Crippen LogP contribution in [0.25, 0.3) is 6.08 Å². The minimum atomic E-state index is 0.813. The molecule has 2 nitrogen and oxygen atoms in total. The first-order chi connectivity index (χ1) is 5.86. The molecular formula is C9H9BrN2. The van der Waals surface area contributed by atoms with Crippen molar-refractivity contribution in [3.8, 4) is 0 Å². The van der Waals surface area contributed by atoms with Crippen molar-refractivity contribution in [2.24, 2.45) is 0 Å². The maximum absolute atomic E-state index is 4.34. The van der Waals surface area contributed by atoms with Gasteiger partial charge >= 0.3 is 0 Å². The van der Waals surface area contributed by atoms with Crippen LogP contribution in [0.1, 0.15) is 24.2 Å². The zero-order valence-corrected chi connectivity index (χ0v) is 8.21. The van der Waals surface area contributed by atoms with Crippen LogP contribution < -0.4 is 0 Å². The maximum Gasteiger partial charge on any atom is 0.125 e. The molecule has 0 fully saturated rings. The highest BCUT2D eigenvalue weighted by atomic mass is 79.9. The van der Waals surface area contributed by atoms with Crippen molar-refractivity contribution in [1.29, 1.82) is 0 Å². The van der Waals surface area contributed by atoms with E-state index in [-0.39, 0.29) is 0 Å². The van der Waals surface area contributed by atoms with Gasteiger partial charge in [0.1, 0.15) is 4.60 Å². The van der Waals surface area contributed by atoms with Crippen molar-refractivity contribution >= 4 is 22.0 Å². The molecule has 1 aromatic heterocycles. The summed E-state index contributed by atoms with van der Waals surface area (Å²) in [5, 5.41) is 0. The van der Waals surface area contributed by atoms with Gasteiger partial charge in [-0.05, 0) is 41.3 Å². The van der Waals surface area contributed by atoms with Crippen LogP contribution in [0.3, 0.4) is 0 Å². The number of halogens is 1. The first kappa shape index (κ1) is 7.92. The molecule has 1 aliphatic carbocycles. The van der Waals surface area contributed by atoms with E-state index in [4.69, 9.17) is 0 Å². The van der Waals surface area contributed by atoms with Crippen molar-refractivity contribution in [2.45, 2.75) is 19.3 Å². The van der Waals surface area contributed by atoms with Crippen molar-refractivity contribution in [2.75, 3.05) is 0 Å². The summed E-state index contributed by atoms with van der Waals surface area (Å²) in [7, 11) is 0. The number of aromatic nitrogens is 2. The highest BCUT2D eigenvalue weighted by Gasteiger charge is 2.05. The normalized spacial score (nSPS) is 15.4. The smallest absolute Gasteiger partial charge is 0.125 e. The highest BCUT2D eigenvalue weighted by Crippen LogP contribution is 2.16. The largest absolute Gasteiger partial charge is 0.256 e. The van der Waals surface area contributed by atoms with Crippen LogP contribution in [0.4, 0.5) is 0 Å². The van der Waals surface area contributed by atoms with E-state index in [2.05, 4.69) is 38.0 Å². The van der Waals surface area contributed by atoms with E-state index in [1.807, 2.05) is 0 Å². The van der Waals surface area contributed by atoms with Crippen molar-refractivity contribution in [3.63, 3.8) is 0 Å². The lowest BCUT2D eigenvalue weighted by Crippen LogP contribution is -1.95. The Kier molecular flexibility index (Phi) is 2.21. The number of aryl methyl sites for hydroxylation is 1. The van der Waals surface area contributed by atoms with Crippen LogP contribution >= 0.6 is 15.9 Å². The van der Waals surface area contributed by atoms with Gasteiger partial charge in [0.05, 0.1) is 17.6 Å². The fourth-order valence-electron chi connectivity index (χ4n) is 1.31. The fourth-order valence-corrected chi connectivity index (χ4v) is 1.61. The molecule has 0 saturated heterocycles. The van der Waals surface area contributed by atoms with Gasteiger partial charge < -0.3 is 0 Å². The Bertz CT molecular complexity index is 320. The molecule has 0 bridgehead atoms. The zero-order chi connectivity index (χ0) is 8.39. The summed E-state index contributed by atoms with van der Waals surface area (Å²) < 4.78 is 0.813. The van der Waals surface area contributed by atoms with E-state index >= 15 is 0 Å². The summed E-state index contributed by atoms with van der Waals surface area (Å²) in [6.07, 6.45) is 9.34. The molecule has 0 radical (unpaired) electrons. The monoisotopic (exact) mass is 224 g/mol. The van der Waals surface area contributed by atoms with Gasteiger partial charge in [-0.15, -0.1) is 0 Å². The lowest BCUT2D eigenvalue weighted by Gasteiger charge is -2.00. The molecule has 0 aliphatic heterocycles. The minimum Gasteiger partial charge on any atom is -0.256 e. The molecule has 0 atom stereocenters. The summed E-state index contributed by atoms with van der Waals surface area (Å²) in [6, 6.07) is 0. The maximum atomic E-state index is 4.34. The summed E-state index contributed by atoms with van der Waals surface area (Å²) in [4.78, 5) is 8.66. The average Bonchev–Trinajstić information content (AvgIpc) is 2.28. The van der Waals surface area contributed by atoms with Gasteiger partial charge in [0.2, 0.25) is 0 Å². The number of hydrogen-bond acceptors (Lipinski definition) is 2. The standard InChI is InChI=1S/C9H9BrN2/c10-9-6-11-7-4-2-1-3-5-8(7)12-9/h3,5-6H,1-2,4H2. The third-order valence-corrected chi connectivity index (χ3v) is 2.29. The second-order valence-corrected chi connectivity index (χ2v) is 3.63. The molecule has 3 heteroatoms. The quantitative estimate of drug-likeness (QED) is 0.678. The second kappa shape index (κ2) is 3.35. The number of allylic oxidation sites excluding steroid dienone is 1. The minimum absolute atomic E-state index is 0.813.